The summed E-state index contributed by atoms with van der Waals surface area (Å²) in [6, 6.07) is 0. The number of ether oxygens (including phenoxy) is 2. The maximum Gasteiger partial charge on any atom is 0.303 e. The number of rotatable bonds is 3. The minimum absolute atomic E-state index is 0.0189. The monoisotopic (exact) mass is 420 g/mol. The van der Waals surface area contributed by atoms with E-state index >= 15 is 4.39 Å². The second kappa shape index (κ2) is 6.00. The van der Waals surface area contributed by atoms with Gasteiger partial charge in [-0.05, 0) is 50.0 Å². The molecule has 1 saturated heterocycles. The van der Waals surface area contributed by atoms with Gasteiger partial charge in [-0.15, -0.1) is 0 Å². The Kier molecular flexibility index (Phi) is 4.06. The lowest BCUT2D eigenvalue weighted by atomic mass is 9.46. The molecule has 4 fully saturated rings. The Morgan fingerprint density at radius 2 is 2.03 bits per heavy atom. The molecule has 4 aliphatic carbocycles. The summed E-state index contributed by atoms with van der Waals surface area (Å²) < 4.78 is 26.6. The number of alkyl halides is 1. The van der Waals surface area contributed by atoms with E-state index in [2.05, 4.69) is 6.92 Å². The zero-order valence-corrected chi connectivity index (χ0v) is 17.7. The molecule has 5 aliphatic rings. The lowest BCUT2D eigenvalue weighted by Crippen LogP contribution is -2.63. The van der Waals surface area contributed by atoms with Crippen LogP contribution < -0.4 is 0 Å². The molecule has 7 heteroatoms. The molecule has 1 heterocycles. The van der Waals surface area contributed by atoms with Crippen molar-refractivity contribution in [3.63, 3.8) is 0 Å². The van der Waals surface area contributed by atoms with Gasteiger partial charge in [0.25, 0.3) is 0 Å². The normalized spacial score (nSPS) is 51.1. The van der Waals surface area contributed by atoms with Crippen molar-refractivity contribution in [2.45, 2.75) is 82.8 Å². The quantitative estimate of drug-likeness (QED) is 0.557. The summed E-state index contributed by atoms with van der Waals surface area (Å²) in [7, 11) is 0. The summed E-state index contributed by atoms with van der Waals surface area (Å²) in [6.45, 7) is 4.52. The van der Waals surface area contributed by atoms with Crippen molar-refractivity contribution in [1.82, 2.24) is 0 Å². The van der Waals surface area contributed by atoms with Crippen LogP contribution >= 0.6 is 0 Å². The molecule has 0 bridgehead atoms. The number of halogens is 1. The standard InChI is InChI=1S/C23H29FO6/c1-12(25)29-11-18(27)22(28)17(24)9-16-15-5-4-13-8-14(26)6-7-20(13,2)23(15)19(30-23)10-21(16,22)3/h8,15-17,19,28H,4-7,9-11H2,1-3H3/t15-,16-,17+,19-,20-,21-,22-,23+/m0/s1. The minimum Gasteiger partial charge on any atom is -0.458 e. The number of hydrogen-bond donors (Lipinski definition) is 1. The second-order valence-electron chi connectivity index (χ2n) is 10.4. The lowest BCUT2D eigenvalue weighted by Gasteiger charge is -2.56. The van der Waals surface area contributed by atoms with E-state index in [1.165, 1.54) is 6.92 Å². The minimum atomic E-state index is -2.19. The Balaban J connectivity index is 1.51. The van der Waals surface area contributed by atoms with Crippen LogP contribution in [0.5, 0.6) is 0 Å². The van der Waals surface area contributed by atoms with Crippen LogP contribution in [-0.4, -0.2) is 52.7 Å². The molecular formula is C23H29FO6. The highest BCUT2D eigenvalue weighted by Gasteiger charge is 2.82. The van der Waals surface area contributed by atoms with Crippen LogP contribution in [0.25, 0.3) is 0 Å². The van der Waals surface area contributed by atoms with E-state index in [4.69, 9.17) is 9.47 Å². The number of ketones is 2. The molecule has 30 heavy (non-hydrogen) atoms. The Hall–Kier alpha value is -1.60. The number of epoxide rings is 1. The highest BCUT2D eigenvalue weighted by Crippen LogP contribution is 2.76. The zero-order chi connectivity index (χ0) is 21.7. The summed E-state index contributed by atoms with van der Waals surface area (Å²) in [5, 5.41) is 11.4. The fraction of sp³-hybridized carbons (Fsp3) is 0.783. The van der Waals surface area contributed by atoms with Gasteiger partial charge < -0.3 is 14.6 Å². The van der Waals surface area contributed by atoms with E-state index in [1.54, 1.807) is 13.0 Å². The van der Waals surface area contributed by atoms with Crippen molar-refractivity contribution < 1.29 is 33.4 Å². The Morgan fingerprint density at radius 3 is 2.73 bits per heavy atom. The van der Waals surface area contributed by atoms with E-state index in [0.29, 0.717) is 12.8 Å². The largest absolute Gasteiger partial charge is 0.458 e. The van der Waals surface area contributed by atoms with E-state index in [1.807, 2.05) is 0 Å². The Labute approximate surface area is 175 Å². The molecule has 0 aromatic carbocycles. The molecule has 0 aromatic heterocycles. The third-order valence-electron chi connectivity index (χ3n) is 9.34. The molecule has 1 N–H and O–H groups in total. The molecule has 0 amide bonds. The van der Waals surface area contributed by atoms with Crippen LogP contribution in [0, 0.1) is 22.7 Å². The van der Waals surface area contributed by atoms with Crippen molar-refractivity contribution in [2.75, 3.05) is 6.61 Å². The molecule has 6 nitrogen and oxygen atoms in total. The third-order valence-corrected chi connectivity index (χ3v) is 9.34. The van der Waals surface area contributed by atoms with E-state index in [0.717, 1.165) is 24.8 Å². The van der Waals surface area contributed by atoms with Gasteiger partial charge in [0, 0.05) is 24.2 Å². The maximum atomic E-state index is 15.4. The lowest BCUT2D eigenvalue weighted by molar-refractivity contribution is -0.172. The van der Waals surface area contributed by atoms with Gasteiger partial charge in [0.15, 0.2) is 18.0 Å². The Morgan fingerprint density at radius 1 is 1.30 bits per heavy atom. The van der Waals surface area contributed by atoms with Gasteiger partial charge in [-0.2, -0.15) is 0 Å². The molecule has 164 valence electrons. The first kappa shape index (κ1) is 20.3. The SMILES string of the molecule is CC(=O)OCC(=O)[C@@]1(O)[C@H](F)C[C@H]2[C@@H]3CCC4=CC(=O)CC[C@]4(C)[C@@]34O[C@H]4C[C@@]21C. The highest BCUT2D eigenvalue weighted by atomic mass is 19.1. The number of aliphatic hydroxyl groups is 1. The summed E-state index contributed by atoms with van der Waals surface area (Å²) in [5.74, 6) is -1.44. The first-order valence-corrected chi connectivity index (χ1v) is 11.0. The molecule has 0 unspecified atom stereocenters. The van der Waals surface area contributed by atoms with Gasteiger partial charge in [0.1, 0.15) is 11.8 Å². The summed E-state index contributed by atoms with van der Waals surface area (Å²) in [6.07, 6.45) is 3.11. The van der Waals surface area contributed by atoms with Gasteiger partial charge >= 0.3 is 5.97 Å². The van der Waals surface area contributed by atoms with E-state index < -0.39 is 41.1 Å². The summed E-state index contributed by atoms with van der Waals surface area (Å²) in [4.78, 5) is 36.1. The second-order valence-corrected chi connectivity index (χ2v) is 10.4. The fourth-order valence-corrected chi connectivity index (χ4v) is 7.76. The number of hydrogen-bond acceptors (Lipinski definition) is 6. The van der Waals surface area contributed by atoms with Crippen LogP contribution in [0.2, 0.25) is 0 Å². The average molecular weight is 420 g/mol. The predicted octanol–water partition coefficient (Wildman–Crippen LogP) is 2.46. The van der Waals surface area contributed by atoms with Crippen molar-refractivity contribution in [2.24, 2.45) is 22.7 Å². The molecule has 0 radical (unpaired) electrons. The molecule has 1 spiro atoms. The molecule has 1 aliphatic heterocycles. The molecular weight excluding hydrogens is 391 g/mol. The number of fused-ring (bicyclic) bond motifs is 3. The van der Waals surface area contributed by atoms with Gasteiger partial charge in [-0.25, -0.2) is 4.39 Å². The molecule has 3 saturated carbocycles. The van der Waals surface area contributed by atoms with Crippen LogP contribution in [0.15, 0.2) is 11.6 Å². The summed E-state index contributed by atoms with van der Waals surface area (Å²) in [5.41, 5.74) is -2.74. The maximum absolute atomic E-state index is 15.4. The first-order chi connectivity index (χ1) is 14.0. The third kappa shape index (κ3) is 2.18. The van der Waals surface area contributed by atoms with Gasteiger partial charge in [0.2, 0.25) is 5.78 Å². The average Bonchev–Trinajstić information content (AvgIpc) is 3.36. The smallest absolute Gasteiger partial charge is 0.303 e. The van der Waals surface area contributed by atoms with Crippen LogP contribution in [0.3, 0.4) is 0 Å². The highest BCUT2D eigenvalue weighted by molar-refractivity contribution is 5.92. The van der Waals surface area contributed by atoms with E-state index in [9.17, 15) is 19.5 Å². The molecule has 8 atom stereocenters. The van der Waals surface area contributed by atoms with Crippen molar-refractivity contribution >= 4 is 17.5 Å². The predicted molar refractivity (Wildman–Crippen MR) is 103 cm³/mol. The van der Waals surface area contributed by atoms with Crippen molar-refractivity contribution in [3.05, 3.63) is 11.6 Å². The van der Waals surface area contributed by atoms with Gasteiger partial charge in [0.05, 0.1) is 6.10 Å². The van der Waals surface area contributed by atoms with Crippen molar-refractivity contribution in [1.29, 1.82) is 0 Å². The summed E-state index contributed by atoms with van der Waals surface area (Å²) >= 11 is 0. The topological polar surface area (TPSA) is 93.2 Å². The van der Waals surface area contributed by atoms with Gasteiger partial charge in [-0.1, -0.05) is 19.4 Å². The van der Waals surface area contributed by atoms with Gasteiger partial charge in [-0.3, -0.25) is 14.4 Å². The van der Waals surface area contributed by atoms with Crippen LogP contribution in [0.1, 0.15) is 59.3 Å². The number of Topliss-reactive ketones (excluding diaryl/α,β-unsaturated/α-hetero) is 1. The number of carbonyl (C=O) groups excluding carboxylic acids is 3. The first-order valence-electron chi connectivity index (χ1n) is 11.0. The van der Waals surface area contributed by atoms with Crippen LogP contribution in [0.4, 0.5) is 4.39 Å². The number of carbonyl (C=O) groups is 3. The molecule has 5 rings (SSSR count). The molecule has 0 aromatic rings. The van der Waals surface area contributed by atoms with E-state index in [-0.39, 0.29) is 35.6 Å². The van der Waals surface area contributed by atoms with Crippen molar-refractivity contribution in [3.8, 4) is 0 Å². The fourth-order valence-electron chi connectivity index (χ4n) is 7.76. The van der Waals surface area contributed by atoms with Crippen LogP contribution in [-0.2, 0) is 23.9 Å². The number of esters is 1. The zero-order valence-electron chi connectivity index (χ0n) is 17.7. The Bertz CT molecular complexity index is 883.